The van der Waals surface area contributed by atoms with Gasteiger partial charge in [-0.3, -0.25) is 14.2 Å². The molecule has 1 N–H and O–H groups in total. The molecule has 0 aliphatic rings. The van der Waals surface area contributed by atoms with Crippen molar-refractivity contribution in [1.29, 1.82) is 0 Å². The lowest BCUT2D eigenvalue weighted by atomic mass is 10.3. The van der Waals surface area contributed by atoms with Crippen LogP contribution in [0.3, 0.4) is 0 Å². The second-order valence-corrected chi connectivity index (χ2v) is 5.86. The molecule has 0 fully saturated rings. The second kappa shape index (κ2) is 6.21. The summed E-state index contributed by atoms with van der Waals surface area (Å²) in [5, 5.41) is 11.7. The van der Waals surface area contributed by atoms with E-state index in [2.05, 4.69) is 4.98 Å². The maximum absolute atomic E-state index is 12.3. The van der Waals surface area contributed by atoms with Crippen LogP contribution in [0.2, 0.25) is 0 Å². The summed E-state index contributed by atoms with van der Waals surface area (Å²) in [6, 6.07) is 1.77. The summed E-state index contributed by atoms with van der Waals surface area (Å²) in [7, 11) is 0. The number of nitrogens with zero attached hydrogens (tertiary/aromatic N) is 2. The van der Waals surface area contributed by atoms with Crippen molar-refractivity contribution < 1.29 is 9.90 Å². The number of carbonyl (C=O) groups is 1. The molecule has 0 aliphatic carbocycles. The first-order valence-corrected chi connectivity index (χ1v) is 7.82. The number of carboxylic acids is 1. The van der Waals surface area contributed by atoms with Crippen molar-refractivity contribution in [2.75, 3.05) is 5.75 Å². The maximum atomic E-state index is 12.3. The first kappa shape index (κ1) is 14.1. The fourth-order valence-electron chi connectivity index (χ4n) is 1.68. The third kappa shape index (κ3) is 3.16. The van der Waals surface area contributed by atoms with E-state index >= 15 is 0 Å². The van der Waals surface area contributed by atoms with E-state index in [1.54, 1.807) is 10.6 Å². The Morgan fingerprint density at radius 3 is 3.05 bits per heavy atom. The van der Waals surface area contributed by atoms with Crippen molar-refractivity contribution in [2.45, 2.75) is 31.5 Å². The smallest absolute Gasteiger partial charge is 0.313 e. The Morgan fingerprint density at radius 1 is 1.58 bits per heavy atom. The molecule has 0 aliphatic heterocycles. The van der Waals surface area contributed by atoms with Crippen LogP contribution in [0.25, 0.3) is 10.2 Å². The number of thioether (sulfide) groups is 1. The second-order valence-electron chi connectivity index (χ2n) is 4.03. The van der Waals surface area contributed by atoms with E-state index in [1.807, 2.05) is 12.3 Å². The molecule has 0 bridgehead atoms. The highest BCUT2D eigenvalue weighted by molar-refractivity contribution is 7.99. The minimum Gasteiger partial charge on any atom is -0.481 e. The standard InChI is InChI=1S/C12H14N2O3S2/c1-2-3-5-14-11(17)8-4-6-18-10(8)13-12(14)19-7-9(15)16/h4,6H,2-3,5,7H2,1H3,(H,15,16). The average Bonchev–Trinajstić information content (AvgIpc) is 2.84. The molecule has 5 nitrogen and oxygen atoms in total. The van der Waals surface area contributed by atoms with E-state index in [0.29, 0.717) is 21.9 Å². The van der Waals surface area contributed by atoms with Gasteiger partial charge in [0.25, 0.3) is 5.56 Å². The molecule has 2 heterocycles. The van der Waals surface area contributed by atoms with Gasteiger partial charge < -0.3 is 5.11 Å². The van der Waals surface area contributed by atoms with Crippen LogP contribution in [-0.4, -0.2) is 26.4 Å². The number of fused-ring (bicyclic) bond motifs is 1. The zero-order valence-electron chi connectivity index (χ0n) is 10.5. The monoisotopic (exact) mass is 298 g/mol. The van der Waals surface area contributed by atoms with Gasteiger partial charge in [0.05, 0.1) is 11.1 Å². The van der Waals surface area contributed by atoms with E-state index < -0.39 is 5.97 Å². The highest BCUT2D eigenvalue weighted by Crippen LogP contribution is 2.21. The van der Waals surface area contributed by atoms with Crippen LogP contribution in [0.5, 0.6) is 0 Å². The van der Waals surface area contributed by atoms with Crippen LogP contribution in [0.15, 0.2) is 21.4 Å². The van der Waals surface area contributed by atoms with Gasteiger partial charge in [0.15, 0.2) is 5.16 Å². The van der Waals surface area contributed by atoms with Crippen molar-refractivity contribution in [3.63, 3.8) is 0 Å². The first-order chi connectivity index (χ1) is 9.13. The molecule has 0 radical (unpaired) electrons. The van der Waals surface area contributed by atoms with Crippen LogP contribution >= 0.6 is 23.1 Å². The Hall–Kier alpha value is -1.34. The fraction of sp³-hybridized carbons (Fsp3) is 0.417. The van der Waals surface area contributed by atoms with E-state index in [9.17, 15) is 9.59 Å². The number of carboxylic acid groups (broad SMARTS) is 1. The molecular formula is C12H14N2O3S2. The van der Waals surface area contributed by atoms with Gasteiger partial charge in [0.1, 0.15) is 4.83 Å². The lowest BCUT2D eigenvalue weighted by molar-refractivity contribution is -0.133. The Bertz CT molecular complexity index is 648. The van der Waals surface area contributed by atoms with E-state index in [0.717, 1.165) is 24.6 Å². The lowest BCUT2D eigenvalue weighted by Crippen LogP contribution is -2.23. The van der Waals surface area contributed by atoms with Gasteiger partial charge in [-0.25, -0.2) is 4.98 Å². The molecule has 2 aromatic rings. The zero-order valence-corrected chi connectivity index (χ0v) is 12.1. The molecule has 0 amide bonds. The minimum absolute atomic E-state index is 0.0763. The quantitative estimate of drug-likeness (QED) is 0.655. The zero-order chi connectivity index (χ0) is 13.8. The number of hydrogen-bond donors (Lipinski definition) is 1. The molecule has 0 spiro atoms. The molecule has 102 valence electrons. The largest absolute Gasteiger partial charge is 0.481 e. The summed E-state index contributed by atoms with van der Waals surface area (Å²) in [6.45, 7) is 2.63. The van der Waals surface area contributed by atoms with Crippen molar-refractivity contribution >= 4 is 39.3 Å². The van der Waals surface area contributed by atoms with Crippen molar-refractivity contribution in [3.05, 3.63) is 21.8 Å². The Balaban J connectivity index is 2.45. The van der Waals surface area contributed by atoms with Gasteiger partial charge >= 0.3 is 5.97 Å². The molecule has 7 heteroatoms. The summed E-state index contributed by atoms with van der Waals surface area (Å²) >= 11 is 2.49. The Kier molecular flexibility index (Phi) is 4.60. The molecule has 2 rings (SSSR count). The molecular weight excluding hydrogens is 284 g/mol. The summed E-state index contributed by atoms with van der Waals surface area (Å²) in [5.74, 6) is -0.998. The van der Waals surface area contributed by atoms with Gasteiger partial charge in [0.2, 0.25) is 0 Å². The van der Waals surface area contributed by atoms with Crippen LogP contribution in [-0.2, 0) is 11.3 Å². The topological polar surface area (TPSA) is 72.2 Å². The number of aromatic nitrogens is 2. The van der Waals surface area contributed by atoms with E-state index in [4.69, 9.17) is 5.11 Å². The molecule has 0 saturated heterocycles. The predicted octanol–water partition coefficient (Wildman–Crippen LogP) is 2.43. The third-order valence-electron chi connectivity index (χ3n) is 2.61. The van der Waals surface area contributed by atoms with Gasteiger partial charge in [0, 0.05) is 6.54 Å². The van der Waals surface area contributed by atoms with Crippen molar-refractivity contribution in [3.8, 4) is 0 Å². The lowest BCUT2D eigenvalue weighted by Gasteiger charge is -2.10. The van der Waals surface area contributed by atoms with Crippen LogP contribution in [0.4, 0.5) is 0 Å². The molecule has 19 heavy (non-hydrogen) atoms. The molecule has 0 saturated carbocycles. The van der Waals surface area contributed by atoms with E-state index in [1.165, 1.54) is 11.3 Å². The Morgan fingerprint density at radius 2 is 2.37 bits per heavy atom. The molecule has 0 aromatic carbocycles. The summed E-state index contributed by atoms with van der Waals surface area (Å²) in [4.78, 5) is 28.1. The SMILES string of the molecule is CCCCn1c(SCC(=O)O)nc2sccc2c1=O. The molecule has 0 atom stereocenters. The third-order valence-corrected chi connectivity index (χ3v) is 4.38. The summed E-state index contributed by atoms with van der Waals surface area (Å²) in [6.07, 6.45) is 1.84. The van der Waals surface area contributed by atoms with Crippen molar-refractivity contribution in [2.24, 2.45) is 0 Å². The first-order valence-electron chi connectivity index (χ1n) is 5.96. The number of aliphatic carboxylic acids is 1. The van der Waals surface area contributed by atoms with Gasteiger partial charge in [-0.15, -0.1) is 11.3 Å². The highest BCUT2D eigenvalue weighted by Gasteiger charge is 2.13. The van der Waals surface area contributed by atoms with Crippen LogP contribution < -0.4 is 5.56 Å². The van der Waals surface area contributed by atoms with E-state index in [-0.39, 0.29) is 11.3 Å². The Labute approximate surface area is 118 Å². The summed E-state index contributed by atoms with van der Waals surface area (Å²) < 4.78 is 1.59. The number of thiophene rings is 1. The summed E-state index contributed by atoms with van der Waals surface area (Å²) in [5.41, 5.74) is -0.0763. The maximum Gasteiger partial charge on any atom is 0.313 e. The minimum atomic E-state index is -0.910. The average molecular weight is 298 g/mol. The highest BCUT2D eigenvalue weighted by atomic mass is 32.2. The number of rotatable bonds is 6. The normalized spacial score (nSPS) is 11.0. The van der Waals surface area contributed by atoms with Crippen molar-refractivity contribution in [1.82, 2.24) is 9.55 Å². The van der Waals surface area contributed by atoms with Gasteiger partial charge in [-0.2, -0.15) is 0 Å². The van der Waals surface area contributed by atoms with Crippen LogP contribution in [0, 0.1) is 0 Å². The van der Waals surface area contributed by atoms with Crippen LogP contribution in [0.1, 0.15) is 19.8 Å². The van der Waals surface area contributed by atoms with Gasteiger partial charge in [-0.1, -0.05) is 25.1 Å². The predicted molar refractivity (Wildman–Crippen MR) is 77.1 cm³/mol. The molecule has 0 unspecified atom stereocenters. The fourth-order valence-corrected chi connectivity index (χ4v) is 3.23. The molecule has 2 aromatic heterocycles. The number of hydrogen-bond acceptors (Lipinski definition) is 5. The number of unbranched alkanes of at least 4 members (excludes halogenated alkanes) is 1. The van der Waals surface area contributed by atoms with Gasteiger partial charge in [-0.05, 0) is 17.9 Å².